The highest BCUT2D eigenvalue weighted by molar-refractivity contribution is 14.0. The molecule has 0 aromatic heterocycles. The Morgan fingerprint density at radius 1 is 1.31 bits per heavy atom. The smallest absolute Gasteiger partial charge is 0.193 e. The Bertz CT molecular complexity index is 657. The summed E-state index contributed by atoms with van der Waals surface area (Å²) in [6.07, 6.45) is 4.87. The third-order valence-corrected chi connectivity index (χ3v) is 5.79. The summed E-state index contributed by atoms with van der Waals surface area (Å²) in [6, 6.07) is 6.84. The molecule has 1 unspecified atom stereocenters. The lowest BCUT2D eigenvalue weighted by Crippen LogP contribution is -2.49. The molecule has 3 rings (SSSR count). The summed E-state index contributed by atoms with van der Waals surface area (Å²) in [5.41, 5.74) is 0.789. The molecule has 0 amide bonds. The van der Waals surface area contributed by atoms with E-state index in [9.17, 15) is 4.39 Å². The second-order valence-electron chi connectivity index (χ2n) is 8.45. The molecule has 1 aromatic carbocycles. The summed E-state index contributed by atoms with van der Waals surface area (Å²) in [4.78, 5) is 6.74. The van der Waals surface area contributed by atoms with Gasteiger partial charge in [-0.05, 0) is 43.4 Å². The van der Waals surface area contributed by atoms with Gasteiger partial charge in [0.05, 0.1) is 18.8 Å². The largest absolute Gasteiger partial charge is 0.376 e. The van der Waals surface area contributed by atoms with Gasteiger partial charge < -0.3 is 19.7 Å². The first kappa shape index (κ1) is 24.3. The molecule has 7 heteroatoms. The topological polar surface area (TPSA) is 46.1 Å². The van der Waals surface area contributed by atoms with Gasteiger partial charge in [-0.25, -0.2) is 4.39 Å². The number of nitrogens with zero attached hydrogens (tertiary/aromatic N) is 2. The van der Waals surface area contributed by atoms with Crippen molar-refractivity contribution in [2.24, 2.45) is 4.99 Å². The number of aliphatic imine (C=N–C) groups is 1. The number of nitrogens with one attached hydrogen (secondary N) is 1. The maximum absolute atomic E-state index is 13.6. The number of rotatable bonds is 6. The molecule has 2 aliphatic rings. The quantitative estimate of drug-likeness (QED) is 0.351. The molecule has 5 nitrogen and oxygen atoms in total. The van der Waals surface area contributed by atoms with E-state index < -0.39 is 0 Å². The van der Waals surface area contributed by atoms with Gasteiger partial charge in [0.1, 0.15) is 5.82 Å². The molecule has 2 aliphatic heterocycles. The molecule has 29 heavy (non-hydrogen) atoms. The van der Waals surface area contributed by atoms with Crippen LogP contribution in [0.3, 0.4) is 0 Å². The molecule has 2 saturated heterocycles. The highest BCUT2D eigenvalue weighted by atomic mass is 127. The first-order valence-corrected chi connectivity index (χ1v) is 10.4. The van der Waals surface area contributed by atoms with Crippen LogP contribution in [0.2, 0.25) is 0 Å². The minimum atomic E-state index is -0.194. The van der Waals surface area contributed by atoms with Crippen molar-refractivity contribution in [2.75, 3.05) is 39.9 Å². The summed E-state index contributed by atoms with van der Waals surface area (Å²) in [5, 5.41) is 3.48. The van der Waals surface area contributed by atoms with E-state index in [1.807, 2.05) is 13.1 Å². The molecule has 2 heterocycles. The molecule has 0 spiro atoms. The zero-order chi connectivity index (χ0) is 20.0. The SMILES string of the molecule is CN=C(NCC(C)(C)c1cccc(F)c1)N1CCC(OCC2CCCO2)CC1.I. The summed E-state index contributed by atoms with van der Waals surface area (Å²) >= 11 is 0. The lowest BCUT2D eigenvalue weighted by molar-refractivity contribution is -0.0367. The zero-order valence-electron chi connectivity index (χ0n) is 17.8. The molecule has 1 N–H and O–H groups in total. The van der Waals surface area contributed by atoms with Crippen LogP contribution in [-0.4, -0.2) is 63.0 Å². The van der Waals surface area contributed by atoms with Crippen molar-refractivity contribution in [3.05, 3.63) is 35.6 Å². The minimum absolute atomic E-state index is 0. The number of piperidine rings is 1. The number of hydrogen-bond donors (Lipinski definition) is 1. The fourth-order valence-electron chi connectivity index (χ4n) is 3.90. The third-order valence-electron chi connectivity index (χ3n) is 5.79. The van der Waals surface area contributed by atoms with Crippen LogP contribution in [0.4, 0.5) is 4.39 Å². The lowest BCUT2D eigenvalue weighted by Gasteiger charge is -2.36. The molecule has 0 aliphatic carbocycles. The van der Waals surface area contributed by atoms with Crippen LogP contribution in [0.15, 0.2) is 29.3 Å². The number of halogens is 2. The fourth-order valence-corrected chi connectivity index (χ4v) is 3.90. The third kappa shape index (κ3) is 7.07. The van der Waals surface area contributed by atoms with Gasteiger partial charge in [0, 0.05) is 38.7 Å². The van der Waals surface area contributed by atoms with Gasteiger partial charge in [-0.2, -0.15) is 0 Å². The van der Waals surface area contributed by atoms with E-state index in [-0.39, 0.29) is 41.3 Å². The monoisotopic (exact) mass is 519 g/mol. The van der Waals surface area contributed by atoms with Crippen LogP contribution in [0.25, 0.3) is 0 Å². The lowest BCUT2D eigenvalue weighted by atomic mass is 9.84. The molecule has 1 aromatic rings. The van der Waals surface area contributed by atoms with Gasteiger partial charge in [-0.15, -0.1) is 24.0 Å². The Morgan fingerprint density at radius 2 is 2.07 bits per heavy atom. The van der Waals surface area contributed by atoms with E-state index in [0.29, 0.717) is 12.6 Å². The molecule has 164 valence electrons. The number of benzene rings is 1. The Balaban J connectivity index is 0.00000300. The Kier molecular flexibility index (Phi) is 9.62. The van der Waals surface area contributed by atoms with Crippen molar-refractivity contribution in [1.29, 1.82) is 0 Å². The standard InChI is InChI=1S/C22H34FN3O2.HI/c1-22(2,17-6-4-7-18(23)14-17)16-25-21(24-3)26-11-9-19(10-12-26)28-15-20-8-5-13-27-20;/h4,6-7,14,19-20H,5,8-13,15-16H2,1-3H3,(H,24,25);1H. The molecule has 1 atom stereocenters. The molecule has 2 fully saturated rings. The Morgan fingerprint density at radius 3 is 2.69 bits per heavy atom. The maximum Gasteiger partial charge on any atom is 0.193 e. The summed E-state index contributed by atoms with van der Waals surface area (Å²) in [7, 11) is 1.82. The summed E-state index contributed by atoms with van der Waals surface area (Å²) in [5.74, 6) is 0.710. The van der Waals surface area contributed by atoms with E-state index in [4.69, 9.17) is 9.47 Å². The van der Waals surface area contributed by atoms with Gasteiger partial charge in [0.25, 0.3) is 0 Å². The van der Waals surface area contributed by atoms with Crippen LogP contribution >= 0.6 is 24.0 Å². The second kappa shape index (κ2) is 11.5. The average Bonchev–Trinajstić information content (AvgIpc) is 3.21. The second-order valence-corrected chi connectivity index (χ2v) is 8.45. The van der Waals surface area contributed by atoms with Crippen molar-refractivity contribution in [1.82, 2.24) is 10.2 Å². The summed E-state index contributed by atoms with van der Waals surface area (Å²) < 4.78 is 25.3. The predicted octanol–water partition coefficient (Wildman–Crippen LogP) is 3.96. The van der Waals surface area contributed by atoms with Crippen LogP contribution in [0, 0.1) is 5.82 Å². The highest BCUT2D eigenvalue weighted by Gasteiger charge is 2.26. The number of ether oxygens (including phenoxy) is 2. The van der Waals surface area contributed by atoms with Gasteiger partial charge in [0.2, 0.25) is 0 Å². The molecular formula is C22H35FIN3O2. The normalized spacial score (nSPS) is 21.2. The first-order valence-electron chi connectivity index (χ1n) is 10.4. The fraction of sp³-hybridized carbons (Fsp3) is 0.682. The number of likely N-dealkylation sites (tertiary alicyclic amines) is 1. The van der Waals surface area contributed by atoms with E-state index in [1.54, 1.807) is 12.1 Å². The van der Waals surface area contributed by atoms with E-state index in [1.165, 1.54) is 6.07 Å². The number of hydrogen-bond acceptors (Lipinski definition) is 3. The van der Waals surface area contributed by atoms with Crippen molar-refractivity contribution < 1.29 is 13.9 Å². The first-order chi connectivity index (χ1) is 13.5. The van der Waals surface area contributed by atoms with Crippen LogP contribution in [0.1, 0.15) is 45.1 Å². The Hall–Kier alpha value is -0.930. The van der Waals surface area contributed by atoms with Crippen LogP contribution in [-0.2, 0) is 14.9 Å². The van der Waals surface area contributed by atoms with Crippen molar-refractivity contribution in [3.63, 3.8) is 0 Å². The van der Waals surface area contributed by atoms with Crippen LogP contribution < -0.4 is 5.32 Å². The number of guanidine groups is 1. The van der Waals surface area contributed by atoms with Gasteiger partial charge >= 0.3 is 0 Å². The van der Waals surface area contributed by atoms with Gasteiger partial charge in [0.15, 0.2) is 5.96 Å². The molecule has 0 bridgehead atoms. The van der Waals surface area contributed by atoms with Crippen molar-refractivity contribution >= 4 is 29.9 Å². The maximum atomic E-state index is 13.6. The molecular weight excluding hydrogens is 484 g/mol. The van der Waals surface area contributed by atoms with Crippen LogP contribution in [0.5, 0.6) is 0 Å². The molecule has 0 saturated carbocycles. The zero-order valence-corrected chi connectivity index (χ0v) is 20.2. The van der Waals surface area contributed by atoms with Gasteiger partial charge in [-0.1, -0.05) is 26.0 Å². The predicted molar refractivity (Wildman–Crippen MR) is 126 cm³/mol. The van der Waals surface area contributed by atoms with E-state index >= 15 is 0 Å². The van der Waals surface area contributed by atoms with E-state index in [2.05, 4.69) is 29.1 Å². The highest BCUT2D eigenvalue weighted by Crippen LogP contribution is 2.23. The minimum Gasteiger partial charge on any atom is -0.376 e. The van der Waals surface area contributed by atoms with Crippen molar-refractivity contribution in [3.8, 4) is 0 Å². The van der Waals surface area contributed by atoms with Crippen molar-refractivity contribution in [2.45, 2.75) is 57.2 Å². The van der Waals surface area contributed by atoms with E-state index in [0.717, 1.165) is 63.5 Å². The van der Waals surface area contributed by atoms with Gasteiger partial charge in [-0.3, -0.25) is 4.99 Å². The Labute approximate surface area is 191 Å². The average molecular weight is 519 g/mol. The molecule has 0 radical (unpaired) electrons. The summed E-state index contributed by atoms with van der Waals surface area (Å²) in [6.45, 7) is 8.38.